The largest absolute Gasteiger partial charge is 0.301 e. The van der Waals surface area contributed by atoms with Crippen molar-refractivity contribution in [1.29, 1.82) is 0 Å². The Hall–Kier alpha value is -2.56. The molecule has 0 aliphatic carbocycles. The van der Waals surface area contributed by atoms with Gasteiger partial charge in [-0.25, -0.2) is 0 Å². The number of anilines is 2. The van der Waals surface area contributed by atoms with Gasteiger partial charge in [-0.05, 0) is 30.7 Å². The summed E-state index contributed by atoms with van der Waals surface area (Å²) in [7, 11) is 0. The molecule has 0 aromatic heterocycles. The number of nitro groups is 1. The van der Waals surface area contributed by atoms with Gasteiger partial charge >= 0.3 is 0 Å². The summed E-state index contributed by atoms with van der Waals surface area (Å²) in [5, 5.41) is 10.6. The Morgan fingerprint density at radius 2 is 1.78 bits per heavy atom. The fourth-order valence-electron chi connectivity index (χ4n) is 1.56. The number of nitrogens with one attached hydrogen (secondary N) is 2. The highest BCUT2D eigenvalue weighted by Crippen LogP contribution is 2.21. The number of hydrogen-bond acceptors (Lipinski definition) is 4. The second kappa shape index (κ2) is 5.18. The lowest BCUT2D eigenvalue weighted by Crippen LogP contribution is -2.09. The fraction of sp³-hybridized carbons (Fsp3) is 0.0769. The molecule has 18 heavy (non-hydrogen) atoms. The van der Waals surface area contributed by atoms with Gasteiger partial charge in [0.25, 0.3) is 5.69 Å². The van der Waals surface area contributed by atoms with Gasteiger partial charge in [-0.3, -0.25) is 10.1 Å². The van der Waals surface area contributed by atoms with Crippen molar-refractivity contribution in [3.05, 3.63) is 64.2 Å². The van der Waals surface area contributed by atoms with Crippen LogP contribution in [0.1, 0.15) is 5.56 Å². The van der Waals surface area contributed by atoms with Crippen LogP contribution in [0.3, 0.4) is 0 Å². The molecule has 0 amide bonds. The van der Waals surface area contributed by atoms with E-state index >= 15 is 0 Å². The van der Waals surface area contributed by atoms with Crippen LogP contribution in [0.4, 0.5) is 17.1 Å². The van der Waals surface area contributed by atoms with Gasteiger partial charge in [0, 0.05) is 12.1 Å². The number of para-hydroxylation sites is 1. The minimum atomic E-state index is -0.401. The highest BCUT2D eigenvalue weighted by Gasteiger charge is 2.07. The van der Waals surface area contributed by atoms with Crippen LogP contribution < -0.4 is 10.9 Å². The van der Waals surface area contributed by atoms with Crippen LogP contribution in [0.15, 0.2) is 48.5 Å². The molecule has 0 radical (unpaired) electrons. The maximum absolute atomic E-state index is 10.6. The number of aryl methyl sites for hydroxylation is 1. The molecule has 0 atom stereocenters. The Morgan fingerprint density at radius 3 is 2.39 bits per heavy atom. The highest BCUT2D eigenvalue weighted by atomic mass is 16.6. The van der Waals surface area contributed by atoms with Crippen LogP contribution in [0.2, 0.25) is 0 Å². The zero-order chi connectivity index (χ0) is 13.0. The third kappa shape index (κ3) is 2.76. The summed E-state index contributed by atoms with van der Waals surface area (Å²) in [6.07, 6.45) is 0. The number of rotatable bonds is 4. The average molecular weight is 243 g/mol. The van der Waals surface area contributed by atoms with Crippen LogP contribution >= 0.6 is 0 Å². The molecule has 0 heterocycles. The van der Waals surface area contributed by atoms with Gasteiger partial charge < -0.3 is 10.9 Å². The number of nitro benzene ring substituents is 1. The summed E-state index contributed by atoms with van der Waals surface area (Å²) in [6.45, 7) is 1.82. The zero-order valence-electron chi connectivity index (χ0n) is 9.88. The van der Waals surface area contributed by atoms with Crippen LogP contribution in [0.25, 0.3) is 0 Å². The third-order valence-electron chi connectivity index (χ3n) is 2.54. The molecule has 0 bridgehead atoms. The van der Waals surface area contributed by atoms with Crippen molar-refractivity contribution in [2.24, 2.45) is 0 Å². The van der Waals surface area contributed by atoms with Crippen molar-refractivity contribution in [1.82, 2.24) is 0 Å². The maximum Gasteiger partial charge on any atom is 0.269 e. The van der Waals surface area contributed by atoms with Crippen LogP contribution in [-0.2, 0) is 0 Å². The molecule has 2 aromatic carbocycles. The summed E-state index contributed by atoms with van der Waals surface area (Å²) in [4.78, 5) is 10.2. The lowest BCUT2D eigenvalue weighted by molar-refractivity contribution is -0.384. The second-order valence-corrected chi connectivity index (χ2v) is 3.87. The molecule has 92 valence electrons. The Morgan fingerprint density at radius 1 is 1.06 bits per heavy atom. The van der Waals surface area contributed by atoms with Crippen molar-refractivity contribution >= 4 is 17.1 Å². The zero-order valence-corrected chi connectivity index (χ0v) is 9.88. The molecule has 0 aliphatic rings. The Labute approximate surface area is 105 Å². The Balaban J connectivity index is 2.08. The predicted octanol–water partition coefficient (Wildman–Crippen LogP) is 3.34. The molecule has 0 fully saturated rings. The molecule has 0 unspecified atom stereocenters. The van der Waals surface area contributed by atoms with Gasteiger partial charge in [-0.1, -0.05) is 18.2 Å². The van der Waals surface area contributed by atoms with Crippen molar-refractivity contribution in [2.75, 3.05) is 10.9 Å². The first-order valence-corrected chi connectivity index (χ1v) is 5.49. The van der Waals surface area contributed by atoms with Crippen LogP contribution in [0, 0.1) is 17.0 Å². The quantitative estimate of drug-likeness (QED) is 0.638. The third-order valence-corrected chi connectivity index (χ3v) is 2.54. The molecule has 2 rings (SSSR count). The van der Waals surface area contributed by atoms with E-state index in [1.165, 1.54) is 12.1 Å². The SMILES string of the molecule is Cc1cc([N+](=O)[O-])ccc1NNc1ccccc1. The summed E-state index contributed by atoms with van der Waals surface area (Å²) in [6, 6.07) is 14.3. The number of nitrogens with zero attached hydrogens (tertiary/aromatic N) is 1. The molecule has 2 aromatic rings. The lowest BCUT2D eigenvalue weighted by atomic mass is 10.2. The van der Waals surface area contributed by atoms with Crippen molar-refractivity contribution in [2.45, 2.75) is 6.92 Å². The van der Waals surface area contributed by atoms with E-state index in [2.05, 4.69) is 10.9 Å². The summed E-state index contributed by atoms with van der Waals surface area (Å²) >= 11 is 0. The monoisotopic (exact) mass is 243 g/mol. The molecular formula is C13H13N3O2. The van der Waals surface area contributed by atoms with Crippen molar-refractivity contribution < 1.29 is 4.92 Å². The van der Waals surface area contributed by atoms with E-state index in [9.17, 15) is 10.1 Å². The van der Waals surface area contributed by atoms with E-state index in [1.54, 1.807) is 6.07 Å². The second-order valence-electron chi connectivity index (χ2n) is 3.87. The Kier molecular flexibility index (Phi) is 3.43. The van der Waals surface area contributed by atoms with Gasteiger partial charge in [0.2, 0.25) is 0 Å². The van der Waals surface area contributed by atoms with Gasteiger partial charge in [0.15, 0.2) is 0 Å². The number of hydrazine groups is 1. The summed E-state index contributed by atoms with van der Waals surface area (Å²) < 4.78 is 0. The first-order valence-electron chi connectivity index (χ1n) is 5.49. The Bertz CT molecular complexity index is 555. The van der Waals surface area contributed by atoms with Gasteiger partial charge in [0.05, 0.1) is 16.3 Å². The van der Waals surface area contributed by atoms with E-state index < -0.39 is 4.92 Å². The fourth-order valence-corrected chi connectivity index (χ4v) is 1.56. The molecule has 2 N–H and O–H groups in total. The summed E-state index contributed by atoms with van der Waals surface area (Å²) in [5.41, 5.74) is 8.70. The van der Waals surface area contributed by atoms with Gasteiger partial charge in [-0.2, -0.15) is 0 Å². The topological polar surface area (TPSA) is 67.2 Å². The van der Waals surface area contributed by atoms with Crippen LogP contribution in [0.5, 0.6) is 0 Å². The summed E-state index contributed by atoms with van der Waals surface area (Å²) in [5.74, 6) is 0. The first kappa shape index (κ1) is 11.9. The van der Waals surface area contributed by atoms with E-state index in [4.69, 9.17) is 0 Å². The molecular weight excluding hydrogens is 230 g/mol. The maximum atomic E-state index is 10.6. The van der Waals surface area contributed by atoms with E-state index in [1.807, 2.05) is 37.3 Å². The molecule has 0 saturated heterocycles. The smallest absolute Gasteiger partial charge is 0.269 e. The van der Waals surface area contributed by atoms with E-state index in [-0.39, 0.29) is 5.69 Å². The minimum absolute atomic E-state index is 0.0951. The normalized spacial score (nSPS) is 9.83. The average Bonchev–Trinajstić information content (AvgIpc) is 2.38. The van der Waals surface area contributed by atoms with Crippen molar-refractivity contribution in [3.63, 3.8) is 0 Å². The number of non-ortho nitro benzene ring substituents is 1. The molecule has 5 nitrogen and oxygen atoms in total. The highest BCUT2D eigenvalue weighted by molar-refractivity contribution is 5.59. The minimum Gasteiger partial charge on any atom is -0.301 e. The standard InChI is InChI=1S/C13H13N3O2/c1-10-9-12(16(17)18)7-8-13(10)15-14-11-5-3-2-4-6-11/h2-9,14-15H,1H3. The number of hydrogen-bond donors (Lipinski definition) is 2. The van der Waals surface area contributed by atoms with Crippen LogP contribution in [-0.4, -0.2) is 4.92 Å². The molecule has 0 saturated carbocycles. The van der Waals surface area contributed by atoms with Gasteiger partial charge in [0.1, 0.15) is 0 Å². The van der Waals surface area contributed by atoms with E-state index in [0.717, 1.165) is 16.9 Å². The lowest BCUT2D eigenvalue weighted by Gasteiger charge is -2.11. The number of benzene rings is 2. The molecule has 0 spiro atoms. The van der Waals surface area contributed by atoms with Gasteiger partial charge in [-0.15, -0.1) is 0 Å². The molecule has 0 aliphatic heterocycles. The van der Waals surface area contributed by atoms with Crippen molar-refractivity contribution in [3.8, 4) is 0 Å². The molecule has 5 heteroatoms. The van der Waals surface area contributed by atoms with E-state index in [0.29, 0.717) is 0 Å². The first-order chi connectivity index (χ1) is 8.66. The predicted molar refractivity (Wildman–Crippen MR) is 71.5 cm³/mol.